The van der Waals surface area contributed by atoms with Gasteiger partial charge in [0.2, 0.25) is 0 Å². The van der Waals surface area contributed by atoms with Crippen LogP contribution in [0.3, 0.4) is 0 Å². The van der Waals surface area contributed by atoms with Crippen molar-refractivity contribution in [2.24, 2.45) is 0 Å². The number of halogens is 3. The molecule has 1 rings (SSSR count). The normalized spacial score (nSPS) is 12.0. The van der Waals surface area contributed by atoms with E-state index in [0.717, 1.165) is 6.07 Å². The fourth-order valence-corrected chi connectivity index (χ4v) is 1.43. The van der Waals surface area contributed by atoms with Crippen LogP contribution < -0.4 is 0 Å². The lowest BCUT2D eigenvalue weighted by Crippen LogP contribution is -2.08. The molecule has 0 heterocycles. The molecule has 1 N–H and O–H groups in total. The maximum Gasteiger partial charge on any atom is 0.416 e. The van der Waals surface area contributed by atoms with E-state index in [9.17, 15) is 18.0 Å². The molecule has 0 radical (unpaired) electrons. The first-order chi connectivity index (χ1) is 7.82. The lowest BCUT2D eigenvalue weighted by Gasteiger charge is -2.11. The molecule has 1 aromatic carbocycles. The summed E-state index contributed by atoms with van der Waals surface area (Å²) >= 11 is 0. The summed E-state index contributed by atoms with van der Waals surface area (Å²) in [7, 11) is 0. The van der Waals surface area contributed by atoms with E-state index in [1.807, 2.05) is 0 Å². The van der Waals surface area contributed by atoms with Crippen molar-refractivity contribution in [1.29, 1.82) is 0 Å². The second kappa shape index (κ2) is 5.03. The first-order valence-electron chi connectivity index (χ1n) is 4.87. The van der Waals surface area contributed by atoms with Crippen LogP contribution in [0.5, 0.6) is 0 Å². The highest BCUT2D eigenvalue weighted by molar-refractivity contribution is 5.70. The quantitative estimate of drug-likeness (QED) is 0.883. The van der Waals surface area contributed by atoms with Crippen molar-refractivity contribution in [2.45, 2.75) is 19.5 Å². The Bertz CT molecular complexity index is 448. The molecule has 92 valence electrons. The van der Waals surface area contributed by atoms with E-state index in [1.165, 1.54) is 31.2 Å². The molecular formula is C12H11F3O2. The zero-order chi connectivity index (χ0) is 13.1. The Labute approximate surface area is 96.4 Å². The number of benzene rings is 1. The number of hydrogen-bond donors (Lipinski definition) is 1. The number of alkyl halides is 3. The molecule has 0 aliphatic carbocycles. The standard InChI is InChI=1S/C12H11F3O2/c1-8-9(5-3-7-11(16)17)4-2-6-10(8)12(13,14)15/h2-6H,7H2,1H3,(H,16,17). The summed E-state index contributed by atoms with van der Waals surface area (Å²) in [6.45, 7) is 1.36. The fourth-order valence-electron chi connectivity index (χ4n) is 1.43. The van der Waals surface area contributed by atoms with Crippen molar-refractivity contribution < 1.29 is 23.1 Å². The van der Waals surface area contributed by atoms with E-state index < -0.39 is 17.7 Å². The number of carbonyl (C=O) groups is 1. The third-order valence-corrected chi connectivity index (χ3v) is 2.27. The van der Waals surface area contributed by atoms with Gasteiger partial charge in [-0.05, 0) is 24.1 Å². The van der Waals surface area contributed by atoms with Gasteiger partial charge in [-0.3, -0.25) is 4.79 Å². The van der Waals surface area contributed by atoms with Gasteiger partial charge in [0.05, 0.1) is 12.0 Å². The van der Waals surface area contributed by atoms with E-state index in [2.05, 4.69) is 0 Å². The minimum absolute atomic E-state index is 0.0987. The number of carboxylic acid groups (broad SMARTS) is 1. The first kappa shape index (κ1) is 13.3. The number of carboxylic acids is 1. The molecule has 0 bridgehead atoms. The van der Waals surface area contributed by atoms with Gasteiger partial charge < -0.3 is 5.11 Å². The molecule has 0 aliphatic heterocycles. The van der Waals surface area contributed by atoms with Crippen molar-refractivity contribution in [3.05, 3.63) is 41.0 Å². The van der Waals surface area contributed by atoms with Gasteiger partial charge in [-0.25, -0.2) is 0 Å². The van der Waals surface area contributed by atoms with Gasteiger partial charge in [0.25, 0.3) is 0 Å². The molecule has 0 unspecified atom stereocenters. The van der Waals surface area contributed by atoms with Crippen LogP contribution >= 0.6 is 0 Å². The SMILES string of the molecule is Cc1c(C=CCC(=O)O)cccc1C(F)(F)F. The number of rotatable bonds is 3. The highest BCUT2D eigenvalue weighted by Gasteiger charge is 2.32. The predicted molar refractivity (Wildman–Crippen MR) is 57.5 cm³/mol. The van der Waals surface area contributed by atoms with E-state index >= 15 is 0 Å². The van der Waals surface area contributed by atoms with E-state index in [1.54, 1.807) is 0 Å². The summed E-state index contributed by atoms with van der Waals surface area (Å²) in [6.07, 6.45) is -1.89. The van der Waals surface area contributed by atoms with Gasteiger partial charge in [-0.15, -0.1) is 0 Å². The second-order valence-corrected chi connectivity index (χ2v) is 3.52. The van der Waals surface area contributed by atoms with Gasteiger partial charge in [-0.2, -0.15) is 13.2 Å². The molecule has 0 atom stereocenters. The molecule has 0 fully saturated rings. The molecule has 0 saturated carbocycles. The Morgan fingerprint density at radius 3 is 2.59 bits per heavy atom. The molecule has 17 heavy (non-hydrogen) atoms. The van der Waals surface area contributed by atoms with Crippen LogP contribution in [0.4, 0.5) is 13.2 Å². The average molecular weight is 244 g/mol. The van der Waals surface area contributed by atoms with Crippen molar-refractivity contribution in [1.82, 2.24) is 0 Å². The summed E-state index contributed by atoms with van der Waals surface area (Å²) in [6, 6.07) is 3.82. The molecule has 2 nitrogen and oxygen atoms in total. The third-order valence-electron chi connectivity index (χ3n) is 2.27. The summed E-state index contributed by atoms with van der Waals surface area (Å²) in [4.78, 5) is 10.3. The van der Waals surface area contributed by atoms with Crippen LogP contribution in [-0.2, 0) is 11.0 Å². The maximum absolute atomic E-state index is 12.6. The topological polar surface area (TPSA) is 37.3 Å². The minimum Gasteiger partial charge on any atom is -0.481 e. The monoisotopic (exact) mass is 244 g/mol. The van der Waals surface area contributed by atoms with Crippen LogP contribution in [-0.4, -0.2) is 11.1 Å². The lowest BCUT2D eigenvalue weighted by molar-refractivity contribution is -0.138. The molecular weight excluding hydrogens is 233 g/mol. The highest BCUT2D eigenvalue weighted by Crippen LogP contribution is 2.33. The summed E-state index contributed by atoms with van der Waals surface area (Å²) < 4.78 is 37.7. The maximum atomic E-state index is 12.6. The largest absolute Gasteiger partial charge is 0.481 e. The summed E-state index contributed by atoms with van der Waals surface area (Å²) in [5, 5.41) is 8.41. The number of hydrogen-bond acceptors (Lipinski definition) is 1. The van der Waals surface area contributed by atoms with Crippen molar-refractivity contribution >= 4 is 12.0 Å². The van der Waals surface area contributed by atoms with Gasteiger partial charge in [0, 0.05) is 0 Å². The Balaban J connectivity index is 3.03. The Morgan fingerprint density at radius 1 is 1.41 bits per heavy atom. The van der Waals surface area contributed by atoms with E-state index in [-0.39, 0.29) is 12.0 Å². The summed E-state index contributed by atoms with van der Waals surface area (Å²) in [5.41, 5.74) is -0.224. The third kappa shape index (κ3) is 3.62. The second-order valence-electron chi connectivity index (χ2n) is 3.52. The molecule has 0 aromatic heterocycles. The highest BCUT2D eigenvalue weighted by atomic mass is 19.4. The molecule has 0 saturated heterocycles. The van der Waals surface area contributed by atoms with Crippen molar-refractivity contribution in [2.75, 3.05) is 0 Å². The van der Waals surface area contributed by atoms with Crippen LogP contribution in [0.25, 0.3) is 6.08 Å². The van der Waals surface area contributed by atoms with E-state index in [0.29, 0.717) is 5.56 Å². The zero-order valence-corrected chi connectivity index (χ0v) is 9.08. The zero-order valence-electron chi connectivity index (χ0n) is 9.08. The molecule has 5 heteroatoms. The van der Waals surface area contributed by atoms with Crippen molar-refractivity contribution in [3.8, 4) is 0 Å². The number of aliphatic carboxylic acids is 1. The van der Waals surface area contributed by atoms with Crippen LogP contribution in [0, 0.1) is 6.92 Å². The van der Waals surface area contributed by atoms with Crippen LogP contribution in [0.15, 0.2) is 24.3 Å². The Kier molecular flexibility index (Phi) is 3.93. The Morgan fingerprint density at radius 2 is 2.06 bits per heavy atom. The average Bonchev–Trinajstić information content (AvgIpc) is 2.18. The minimum atomic E-state index is -4.39. The van der Waals surface area contributed by atoms with Gasteiger partial charge >= 0.3 is 12.1 Å². The van der Waals surface area contributed by atoms with Crippen LogP contribution in [0.2, 0.25) is 0 Å². The first-order valence-corrected chi connectivity index (χ1v) is 4.87. The van der Waals surface area contributed by atoms with Gasteiger partial charge in [0.1, 0.15) is 0 Å². The van der Waals surface area contributed by atoms with Gasteiger partial charge in [0.15, 0.2) is 0 Å². The van der Waals surface area contributed by atoms with Gasteiger partial charge in [-0.1, -0.05) is 24.3 Å². The molecule has 0 spiro atoms. The lowest BCUT2D eigenvalue weighted by atomic mass is 10.0. The van der Waals surface area contributed by atoms with Crippen LogP contribution in [0.1, 0.15) is 23.1 Å². The summed E-state index contributed by atoms with van der Waals surface area (Å²) in [5.74, 6) is -1.02. The Hall–Kier alpha value is -1.78. The van der Waals surface area contributed by atoms with E-state index in [4.69, 9.17) is 5.11 Å². The van der Waals surface area contributed by atoms with Crippen molar-refractivity contribution in [3.63, 3.8) is 0 Å². The predicted octanol–water partition coefficient (Wildman–Crippen LogP) is 3.50. The smallest absolute Gasteiger partial charge is 0.416 e. The molecule has 1 aromatic rings. The molecule has 0 aliphatic rings. The fraction of sp³-hybridized carbons (Fsp3) is 0.250. The molecule has 0 amide bonds.